The van der Waals surface area contributed by atoms with Crippen LogP contribution >= 0.6 is 0 Å². The van der Waals surface area contributed by atoms with Gasteiger partial charge < -0.3 is 9.64 Å². The third kappa shape index (κ3) is 4.63. The van der Waals surface area contributed by atoms with Crippen molar-refractivity contribution in [2.75, 3.05) is 6.54 Å². The minimum absolute atomic E-state index is 0.0462. The lowest BCUT2D eigenvalue weighted by Gasteiger charge is -2.22. The molecule has 0 saturated carbocycles. The van der Waals surface area contributed by atoms with E-state index in [2.05, 4.69) is 21.9 Å². The maximum Gasteiger partial charge on any atom is 0.321 e. The number of hydrogen-bond donors (Lipinski definition) is 0. The first kappa shape index (κ1) is 17.5. The Morgan fingerprint density at radius 1 is 1.08 bits per heavy atom. The van der Waals surface area contributed by atoms with Crippen molar-refractivity contribution >= 4 is 5.91 Å². The zero-order valence-corrected chi connectivity index (χ0v) is 14.6. The lowest BCUT2D eigenvalue weighted by Crippen LogP contribution is -2.31. The van der Waals surface area contributed by atoms with Gasteiger partial charge in [0.15, 0.2) is 0 Å². The van der Waals surface area contributed by atoms with E-state index in [1.807, 2.05) is 17.0 Å². The van der Waals surface area contributed by atoms with Gasteiger partial charge in [0.2, 0.25) is 0 Å². The number of ether oxygens (including phenoxy) is 1. The van der Waals surface area contributed by atoms with Crippen LogP contribution in [0.25, 0.3) is 0 Å². The highest BCUT2D eigenvalue weighted by molar-refractivity contribution is 5.94. The summed E-state index contributed by atoms with van der Waals surface area (Å²) in [5.74, 6) is 0.481. The number of rotatable bonds is 7. The number of carbonyl (C=O) groups excluding carboxylic acids is 1. The third-order valence-corrected chi connectivity index (χ3v) is 3.71. The minimum atomic E-state index is -0.0462. The number of pyridine rings is 1. The van der Waals surface area contributed by atoms with E-state index in [1.54, 1.807) is 55.1 Å². The van der Waals surface area contributed by atoms with E-state index in [9.17, 15) is 4.79 Å². The van der Waals surface area contributed by atoms with Crippen LogP contribution < -0.4 is 4.74 Å². The summed E-state index contributed by atoms with van der Waals surface area (Å²) in [4.78, 5) is 27.0. The molecule has 0 aliphatic rings. The summed E-state index contributed by atoms with van der Waals surface area (Å²) in [5.41, 5.74) is 1.56. The minimum Gasteiger partial charge on any atom is -0.424 e. The van der Waals surface area contributed by atoms with E-state index in [1.165, 1.54) is 0 Å². The Morgan fingerprint density at radius 3 is 2.65 bits per heavy atom. The average molecular weight is 348 g/mol. The van der Waals surface area contributed by atoms with Crippen LogP contribution in [0.2, 0.25) is 0 Å². The van der Waals surface area contributed by atoms with Gasteiger partial charge in [0.05, 0.1) is 0 Å². The summed E-state index contributed by atoms with van der Waals surface area (Å²) in [5, 5.41) is 0. The molecule has 0 fully saturated rings. The number of nitrogens with zero attached hydrogens (tertiary/aromatic N) is 4. The number of amides is 1. The normalized spacial score (nSPS) is 10.3. The fourth-order valence-electron chi connectivity index (χ4n) is 2.55. The third-order valence-electron chi connectivity index (χ3n) is 3.71. The van der Waals surface area contributed by atoms with E-state index in [-0.39, 0.29) is 11.9 Å². The molecule has 0 radical (unpaired) electrons. The second-order valence-corrected chi connectivity index (χ2v) is 5.75. The first-order chi connectivity index (χ1) is 12.8. The number of hydrogen-bond acceptors (Lipinski definition) is 5. The Kier molecular flexibility index (Phi) is 5.88. The maximum absolute atomic E-state index is 13.0. The van der Waals surface area contributed by atoms with Crippen molar-refractivity contribution in [3.05, 3.63) is 78.4 Å². The molecule has 0 aliphatic heterocycles. The van der Waals surface area contributed by atoms with Gasteiger partial charge in [-0.05, 0) is 42.3 Å². The largest absolute Gasteiger partial charge is 0.424 e. The fraction of sp³-hybridized carbons (Fsp3) is 0.200. The zero-order chi connectivity index (χ0) is 18.2. The predicted molar refractivity (Wildman–Crippen MR) is 97.8 cm³/mol. The molecule has 0 bridgehead atoms. The monoisotopic (exact) mass is 348 g/mol. The van der Waals surface area contributed by atoms with Crippen molar-refractivity contribution in [1.29, 1.82) is 0 Å². The van der Waals surface area contributed by atoms with Crippen molar-refractivity contribution < 1.29 is 9.53 Å². The van der Waals surface area contributed by atoms with Crippen LogP contribution in [0.1, 0.15) is 29.3 Å². The molecule has 1 aromatic carbocycles. The summed E-state index contributed by atoms with van der Waals surface area (Å²) in [6.07, 6.45) is 7.59. The van der Waals surface area contributed by atoms with Crippen LogP contribution in [0.4, 0.5) is 0 Å². The summed E-state index contributed by atoms with van der Waals surface area (Å²) < 4.78 is 5.62. The maximum atomic E-state index is 13.0. The summed E-state index contributed by atoms with van der Waals surface area (Å²) >= 11 is 0. The number of benzene rings is 1. The average Bonchev–Trinajstić information content (AvgIpc) is 2.69. The predicted octanol–water partition coefficient (Wildman–Crippen LogP) is 3.72. The highest BCUT2D eigenvalue weighted by Gasteiger charge is 2.16. The molecule has 26 heavy (non-hydrogen) atoms. The fourth-order valence-corrected chi connectivity index (χ4v) is 2.55. The lowest BCUT2D eigenvalue weighted by atomic mass is 10.1. The van der Waals surface area contributed by atoms with Crippen molar-refractivity contribution in [2.45, 2.75) is 19.9 Å². The Balaban J connectivity index is 1.77. The molecule has 0 saturated heterocycles. The van der Waals surface area contributed by atoms with Crippen LogP contribution in [0, 0.1) is 0 Å². The van der Waals surface area contributed by atoms with Gasteiger partial charge in [-0.25, -0.2) is 9.97 Å². The van der Waals surface area contributed by atoms with Crippen LogP contribution in [0.15, 0.2) is 67.3 Å². The number of carbonyl (C=O) groups is 1. The van der Waals surface area contributed by atoms with Crippen LogP contribution in [0.5, 0.6) is 11.8 Å². The van der Waals surface area contributed by atoms with Gasteiger partial charge in [-0.2, -0.15) is 0 Å². The quantitative estimate of drug-likeness (QED) is 0.651. The molecule has 2 heterocycles. The van der Waals surface area contributed by atoms with Crippen molar-refractivity contribution in [1.82, 2.24) is 19.9 Å². The Hall–Kier alpha value is -3.28. The first-order valence-electron chi connectivity index (χ1n) is 8.49. The van der Waals surface area contributed by atoms with Crippen molar-refractivity contribution in [3.63, 3.8) is 0 Å². The molecule has 0 aliphatic carbocycles. The zero-order valence-electron chi connectivity index (χ0n) is 14.6. The van der Waals surface area contributed by atoms with Gasteiger partial charge in [-0.15, -0.1) is 0 Å². The highest BCUT2D eigenvalue weighted by atomic mass is 16.5. The molecule has 6 heteroatoms. The van der Waals surface area contributed by atoms with E-state index in [0.29, 0.717) is 24.4 Å². The van der Waals surface area contributed by atoms with Gasteiger partial charge in [0.25, 0.3) is 5.91 Å². The molecule has 0 unspecified atom stereocenters. The molecular formula is C20H20N4O2. The van der Waals surface area contributed by atoms with Crippen LogP contribution in [0.3, 0.4) is 0 Å². The molecule has 3 rings (SSSR count). The topological polar surface area (TPSA) is 68.2 Å². The summed E-state index contributed by atoms with van der Waals surface area (Å²) in [7, 11) is 0. The summed E-state index contributed by atoms with van der Waals surface area (Å²) in [6, 6.07) is 12.9. The van der Waals surface area contributed by atoms with Crippen LogP contribution in [-0.2, 0) is 6.54 Å². The standard InChI is InChI=1S/C20H20N4O2/c1-2-12-24(15-16-6-4-9-21-14-16)19(25)17-7-3-8-18(13-17)26-20-22-10-5-11-23-20/h3-11,13-14H,2,12,15H2,1H3. The van der Waals surface area contributed by atoms with Gasteiger partial charge in [0, 0.05) is 43.4 Å². The van der Waals surface area contributed by atoms with Gasteiger partial charge in [-0.1, -0.05) is 19.1 Å². The molecule has 6 nitrogen and oxygen atoms in total. The van der Waals surface area contributed by atoms with E-state index in [0.717, 1.165) is 12.0 Å². The second kappa shape index (κ2) is 8.71. The lowest BCUT2D eigenvalue weighted by molar-refractivity contribution is 0.0742. The molecule has 132 valence electrons. The molecule has 3 aromatic rings. The van der Waals surface area contributed by atoms with E-state index < -0.39 is 0 Å². The van der Waals surface area contributed by atoms with Crippen molar-refractivity contribution in [2.24, 2.45) is 0 Å². The van der Waals surface area contributed by atoms with E-state index in [4.69, 9.17) is 4.74 Å². The first-order valence-corrected chi connectivity index (χ1v) is 8.49. The molecule has 0 atom stereocenters. The summed E-state index contributed by atoms with van der Waals surface area (Å²) in [6.45, 7) is 3.24. The van der Waals surface area contributed by atoms with Gasteiger partial charge in [-0.3, -0.25) is 9.78 Å². The second-order valence-electron chi connectivity index (χ2n) is 5.75. The van der Waals surface area contributed by atoms with Crippen LogP contribution in [-0.4, -0.2) is 32.3 Å². The number of aromatic nitrogens is 3. The van der Waals surface area contributed by atoms with Crippen molar-refractivity contribution in [3.8, 4) is 11.8 Å². The molecule has 1 amide bonds. The Bertz CT molecular complexity index is 841. The van der Waals surface area contributed by atoms with Gasteiger partial charge >= 0.3 is 6.01 Å². The molecule has 2 aromatic heterocycles. The highest BCUT2D eigenvalue weighted by Crippen LogP contribution is 2.20. The van der Waals surface area contributed by atoms with E-state index >= 15 is 0 Å². The van der Waals surface area contributed by atoms with Gasteiger partial charge in [0.1, 0.15) is 5.75 Å². The molecular weight excluding hydrogens is 328 g/mol. The molecule has 0 spiro atoms. The molecule has 0 N–H and O–H groups in total. The Morgan fingerprint density at radius 2 is 1.92 bits per heavy atom. The Labute approximate surface area is 152 Å². The smallest absolute Gasteiger partial charge is 0.321 e. The SMILES string of the molecule is CCCN(Cc1cccnc1)C(=O)c1cccc(Oc2ncccn2)c1.